The van der Waals surface area contributed by atoms with Crippen LogP contribution >= 0.6 is 0 Å². The van der Waals surface area contributed by atoms with Crippen LogP contribution in [0.1, 0.15) is 120 Å². The third kappa shape index (κ3) is 4.81. The van der Waals surface area contributed by atoms with Crippen molar-refractivity contribution in [1.82, 2.24) is 0 Å². The Balaban J connectivity index is 1.79. The molecule has 3 aliphatic carbocycles. The smallest absolute Gasteiger partial charge is 0.0149 e. The molecule has 0 N–H and O–H groups in total. The van der Waals surface area contributed by atoms with Crippen LogP contribution in [0, 0.1) is 57.7 Å². The van der Waals surface area contributed by atoms with Gasteiger partial charge >= 0.3 is 0 Å². The summed E-state index contributed by atoms with van der Waals surface area (Å²) in [6.45, 7) is 31.6. The second-order valence-electron chi connectivity index (χ2n) is 14.5. The molecule has 0 nitrogen and oxygen atoms in total. The van der Waals surface area contributed by atoms with E-state index < -0.39 is 0 Å². The van der Waals surface area contributed by atoms with Gasteiger partial charge in [-0.15, -0.1) is 0 Å². The van der Waals surface area contributed by atoms with Gasteiger partial charge in [-0.25, -0.2) is 0 Å². The molecule has 0 spiro atoms. The van der Waals surface area contributed by atoms with Crippen LogP contribution in [0.15, 0.2) is 24.3 Å². The summed E-state index contributed by atoms with van der Waals surface area (Å²) in [5, 5.41) is 0. The Kier molecular flexibility index (Phi) is 7.55. The quantitative estimate of drug-likeness (QED) is 0.381. The predicted molar refractivity (Wildman–Crippen MR) is 143 cm³/mol. The molecule has 3 aliphatic rings. The van der Waals surface area contributed by atoms with Crippen molar-refractivity contribution < 1.29 is 0 Å². The lowest BCUT2D eigenvalue weighted by Crippen LogP contribution is -2.48. The molecule has 184 valence electrons. The minimum atomic E-state index is 0.200. The summed E-state index contributed by atoms with van der Waals surface area (Å²) in [4.78, 5) is 0. The molecule has 3 fully saturated rings. The van der Waals surface area contributed by atoms with E-state index in [2.05, 4.69) is 75.5 Å². The van der Waals surface area contributed by atoms with Crippen molar-refractivity contribution in [3.05, 3.63) is 24.3 Å². The molecule has 0 aromatic rings. The first-order valence-corrected chi connectivity index (χ1v) is 14.1. The Morgan fingerprint density at radius 2 is 1.59 bits per heavy atom. The van der Waals surface area contributed by atoms with Crippen molar-refractivity contribution in [2.24, 2.45) is 57.7 Å². The highest BCUT2D eigenvalue weighted by molar-refractivity contribution is 5.16. The van der Waals surface area contributed by atoms with Crippen molar-refractivity contribution in [2.75, 3.05) is 0 Å². The molecule has 3 saturated carbocycles. The van der Waals surface area contributed by atoms with Crippen molar-refractivity contribution in [2.45, 2.75) is 120 Å². The Labute approximate surface area is 202 Å². The molecule has 0 heteroatoms. The zero-order valence-electron chi connectivity index (χ0n) is 23.3. The highest BCUT2D eigenvalue weighted by Gasteiger charge is 2.52. The van der Waals surface area contributed by atoms with Crippen molar-refractivity contribution in [1.29, 1.82) is 0 Å². The van der Waals surface area contributed by atoms with Crippen molar-refractivity contribution in [3.8, 4) is 0 Å². The van der Waals surface area contributed by atoms with Gasteiger partial charge in [-0.2, -0.15) is 0 Å². The summed E-state index contributed by atoms with van der Waals surface area (Å²) in [6, 6.07) is 0. The second kappa shape index (κ2) is 9.26. The van der Waals surface area contributed by atoms with Crippen molar-refractivity contribution in [3.63, 3.8) is 0 Å². The molecular formula is C32H56. The molecule has 8 unspecified atom stereocenters. The van der Waals surface area contributed by atoms with E-state index in [9.17, 15) is 0 Å². The molecule has 3 rings (SSSR count). The molecule has 0 saturated heterocycles. The molecule has 0 aliphatic heterocycles. The zero-order chi connectivity index (χ0) is 24.1. The third-order valence-electron chi connectivity index (χ3n) is 11.4. The molecule has 0 heterocycles. The maximum absolute atomic E-state index is 4.66. The van der Waals surface area contributed by atoms with E-state index in [0.717, 1.165) is 29.6 Å². The first-order chi connectivity index (χ1) is 14.7. The summed E-state index contributed by atoms with van der Waals surface area (Å²) in [6.07, 6.45) is 12.7. The van der Waals surface area contributed by atoms with Gasteiger partial charge in [0.1, 0.15) is 0 Å². The summed E-state index contributed by atoms with van der Waals surface area (Å²) < 4.78 is 0. The summed E-state index contributed by atoms with van der Waals surface area (Å²) in [5.74, 6) is 5.41. The largest absolute Gasteiger partial charge is 0.0995 e. The molecule has 0 amide bonds. The summed E-state index contributed by atoms with van der Waals surface area (Å²) >= 11 is 0. The third-order valence-corrected chi connectivity index (χ3v) is 11.4. The average Bonchev–Trinajstić information content (AvgIpc) is 2.69. The van der Waals surface area contributed by atoms with Crippen LogP contribution in [0.25, 0.3) is 0 Å². The van der Waals surface area contributed by atoms with E-state index in [1.807, 2.05) is 0 Å². The van der Waals surface area contributed by atoms with Gasteiger partial charge in [-0.3, -0.25) is 0 Å². The van der Waals surface area contributed by atoms with Gasteiger partial charge in [0.2, 0.25) is 0 Å². The van der Waals surface area contributed by atoms with Gasteiger partial charge in [0.05, 0.1) is 0 Å². The fourth-order valence-electron chi connectivity index (χ4n) is 8.79. The molecule has 0 bridgehead atoms. The normalized spacial score (nSPS) is 38.5. The molecule has 0 aromatic carbocycles. The van der Waals surface area contributed by atoms with Crippen LogP contribution < -0.4 is 0 Å². The Morgan fingerprint density at radius 1 is 0.938 bits per heavy atom. The van der Waals surface area contributed by atoms with Crippen LogP contribution in [0.4, 0.5) is 0 Å². The average molecular weight is 441 g/mol. The first-order valence-electron chi connectivity index (χ1n) is 14.1. The number of hydrogen-bond acceptors (Lipinski definition) is 0. The van der Waals surface area contributed by atoms with Crippen LogP contribution in [0.5, 0.6) is 0 Å². The molecule has 8 atom stereocenters. The second-order valence-corrected chi connectivity index (χ2v) is 14.5. The lowest BCUT2D eigenvalue weighted by molar-refractivity contribution is -0.0411. The number of hydrogen-bond donors (Lipinski definition) is 0. The van der Waals surface area contributed by atoms with E-state index in [1.54, 1.807) is 5.57 Å². The van der Waals surface area contributed by atoms with E-state index in [0.29, 0.717) is 22.7 Å². The van der Waals surface area contributed by atoms with Gasteiger partial charge in [-0.05, 0) is 103 Å². The Hall–Kier alpha value is -0.520. The lowest BCUT2D eigenvalue weighted by Gasteiger charge is -2.57. The predicted octanol–water partition coefficient (Wildman–Crippen LogP) is 10.1. The minimum Gasteiger partial charge on any atom is -0.0995 e. The Morgan fingerprint density at radius 3 is 2.22 bits per heavy atom. The molecule has 32 heavy (non-hydrogen) atoms. The lowest BCUT2D eigenvalue weighted by atomic mass is 9.48. The van der Waals surface area contributed by atoms with E-state index in [4.69, 9.17) is 0 Å². The monoisotopic (exact) mass is 440 g/mol. The van der Waals surface area contributed by atoms with Gasteiger partial charge < -0.3 is 0 Å². The van der Waals surface area contributed by atoms with Gasteiger partial charge in [0, 0.05) is 0 Å². The van der Waals surface area contributed by atoms with E-state index in [-0.39, 0.29) is 5.41 Å². The van der Waals surface area contributed by atoms with Crippen LogP contribution in [-0.4, -0.2) is 0 Å². The number of rotatable bonds is 4. The topological polar surface area (TPSA) is 0 Å². The molecule has 0 radical (unpaired) electrons. The number of fused-ring (bicyclic) bond motifs is 3. The SMILES string of the molecule is C=C1CC2CCC(C(C)C(C)C(C)C(=C)C(C)(C)C)C(C)(C)CCC2C2(C)CCCCC12. The standard InChI is InChI=1S/C32H56/c1-21-20-26-15-16-28(24(4)22(2)23(3)25(5)30(6,7)8)31(9,10)19-17-29(26)32(11)18-13-12-14-27(21)32/h22-24,26-29H,1,5,12-20H2,2-4,6-11H3. The number of allylic oxidation sites excluding steroid dienone is 2. The van der Waals surface area contributed by atoms with Gasteiger partial charge in [0.15, 0.2) is 0 Å². The van der Waals surface area contributed by atoms with Crippen LogP contribution in [0.3, 0.4) is 0 Å². The fourth-order valence-corrected chi connectivity index (χ4v) is 8.79. The molecule has 0 aromatic heterocycles. The van der Waals surface area contributed by atoms with Crippen molar-refractivity contribution >= 4 is 0 Å². The van der Waals surface area contributed by atoms with E-state index in [1.165, 1.54) is 63.4 Å². The zero-order valence-corrected chi connectivity index (χ0v) is 23.3. The maximum Gasteiger partial charge on any atom is -0.0149 e. The van der Waals surface area contributed by atoms with Crippen LogP contribution in [-0.2, 0) is 0 Å². The first kappa shape index (κ1) is 26.1. The molecular weight excluding hydrogens is 384 g/mol. The Bertz CT molecular complexity index is 687. The van der Waals surface area contributed by atoms with Crippen LogP contribution in [0.2, 0.25) is 0 Å². The highest BCUT2D eigenvalue weighted by Crippen LogP contribution is 2.61. The summed E-state index contributed by atoms with van der Waals surface area (Å²) in [5.41, 5.74) is 4.20. The van der Waals surface area contributed by atoms with E-state index >= 15 is 0 Å². The summed E-state index contributed by atoms with van der Waals surface area (Å²) in [7, 11) is 0. The fraction of sp³-hybridized carbons (Fsp3) is 0.875. The highest BCUT2D eigenvalue weighted by atomic mass is 14.6. The maximum atomic E-state index is 4.66. The minimum absolute atomic E-state index is 0.200. The van der Waals surface area contributed by atoms with Gasteiger partial charge in [-0.1, -0.05) is 99.5 Å². The van der Waals surface area contributed by atoms with Gasteiger partial charge in [0.25, 0.3) is 0 Å².